The third-order valence-electron chi connectivity index (χ3n) is 2.54. The Morgan fingerprint density at radius 1 is 1.31 bits per heavy atom. The summed E-state index contributed by atoms with van der Waals surface area (Å²) in [5.74, 6) is 1.04. The van der Waals surface area contributed by atoms with Gasteiger partial charge in [0.05, 0.1) is 25.9 Å². The second-order valence-corrected chi connectivity index (χ2v) is 3.38. The molecule has 0 bridgehead atoms. The van der Waals surface area contributed by atoms with Crippen LogP contribution >= 0.6 is 0 Å². The summed E-state index contributed by atoms with van der Waals surface area (Å²) in [6.07, 6.45) is 3.47. The van der Waals surface area contributed by atoms with Crippen LogP contribution in [0.25, 0.3) is 0 Å². The van der Waals surface area contributed by atoms with Gasteiger partial charge in [0.25, 0.3) is 0 Å². The molecule has 0 fully saturated rings. The van der Waals surface area contributed by atoms with Gasteiger partial charge in [-0.05, 0) is 12.8 Å². The van der Waals surface area contributed by atoms with Crippen molar-refractivity contribution in [2.75, 3.05) is 14.2 Å². The fraction of sp³-hybridized carbons (Fsp3) is 0.308. The van der Waals surface area contributed by atoms with Crippen LogP contribution in [0, 0.1) is 11.3 Å². The fourth-order valence-electron chi connectivity index (χ4n) is 1.67. The van der Waals surface area contributed by atoms with Crippen molar-refractivity contribution >= 4 is 0 Å². The molecule has 0 aromatic carbocycles. The SMILES string of the molecule is C=C(OC)C1=C(C(=C)OC)C(C#N)=CCC1. The van der Waals surface area contributed by atoms with E-state index < -0.39 is 0 Å². The maximum atomic E-state index is 9.06. The summed E-state index contributed by atoms with van der Waals surface area (Å²) >= 11 is 0. The van der Waals surface area contributed by atoms with Gasteiger partial charge >= 0.3 is 0 Å². The smallest absolute Gasteiger partial charge is 0.120 e. The largest absolute Gasteiger partial charge is 0.497 e. The molecule has 0 N–H and O–H groups in total. The second kappa shape index (κ2) is 5.22. The zero-order valence-electron chi connectivity index (χ0n) is 9.67. The minimum atomic E-state index is 0.473. The first-order chi connectivity index (χ1) is 7.65. The zero-order chi connectivity index (χ0) is 12.1. The Balaban J connectivity index is 3.28. The van der Waals surface area contributed by atoms with Crippen LogP contribution in [-0.4, -0.2) is 14.2 Å². The van der Waals surface area contributed by atoms with Gasteiger partial charge in [0, 0.05) is 11.1 Å². The van der Waals surface area contributed by atoms with Gasteiger partial charge in [-0.1, -0.05) is 19.2 Å². The van der Waals surface area contributed by atoms with Crippen molar-refractivity contribution < 1.29 is 9.47 Å². The summed E-state index contributed by atoms with van der Waals surface area (Å²) in [7, 11) is 3.10. The van der Waals surface area contributed by atoms with Crippen molar-refractivity contribution in [2.24, 2.45) is 0 Å². The molecule has 0 amide bonds. The minimum absolute atomic E-state index is 0.473. The first-order valence-corrected chi connectivity index (χ1v) is 4.96. The number of allylic oxidation sites excluding steroid dienone is 3. The number of nitrogens with zero attached hydrogens (tertiary/aromatic N) is 1. The van der Waals surface area contributed by atoms with E-state index in [1.165, 1.54) is 7.11 Å². The number of methoxy groups -OCH3 is 2. The van der Waals surface area contributed by atoms with E-state index >= 15 is 0 Å². The van der Waals surface area contributed by atoms with Crippen molar-refractivity contribution in [3.63, 3.8) is 0 Å². The molecule has 0 saturated carbocycles. The van der Waals surface area contributed by atoms with Crippen LogP contribution in [-0.2, 0) is 9.47 Å². The van der Waals surface area contributed by atoms with Crippen LogP contribution < -0.4 is 0 Å². The lowest BCUT2D eigenvalue weighted by Crippen LogP contribution is -2.06. The minimum Gasteiger partial charge on any atom is -0.497 e. The highest BCUT2D eigenvalue weighted by Crippen LogP contribution is 2.33. The summed E-state index contributed by atoms with van der Waals surface area (Å²) in [6.45, 7) is 7.61. The average molecular weight is 217 g/mol. The highest BCUT2D eigenvalue weighted by atomic mass is 16.5. The third-order valence-corrected chi connectivity index (χ3v) is 2.54. The molecule has 1 rings (SSSR count). The predicted molar refractivity (Wildman–Crippen MR) is 62.3 cm³/mol. The third kappa shape index (κ3) is 2.17. The number of hydrogen-bond acceptors (Lipinski definition) is 3. The zero-order valence-corrected chi connectivity index (χ0v) is 9.67. The molecule has 0 radical (unpaired) electrons. The van der Waals surface area contributed by atoms with Gasteiger partial charge < -0.3 is 9.47 Å². The van der Waals surface area contributed by atoms with Crippen LogP contribution in [0.2, 0.25) is 0 Å². The maximum absolute atomic E-state index is 9.06. The molecule has 0 atom stereocenters. The van der Waals surface area contributed by atoms with Crippen molar-refractivity contribution in [1.29, 1.82) is 5.26 Å². The molecule has 1 aliphatic carbocycles. The summed E-state index contributed by atoms with van der Waals surface area (Å²) in [5, 5.41) is 9.06. The Kier molecular flexibility index (Phi) is 3.96. The second-order valence-electron chi connectivity index (χ2n) is 3.38. The van der Waals surface area contributed by atoms with Crippen LogP contribution in [0.3, 0.4) is 0 Å². The predicted octanol–water partition coefficient (Wildman–Crippen LogP) is 2.85. The van der Waals surface area contributed by atoms with Gasteiger partial charge in [-0.2, -0.15) is 5.26 Å². The van der Waals surface area contributed by atoms with E-state index in [0.717, 1.165) is 18.4 Å². The molecule has 84 valence electrons. The van der Waals surface area contributed by atoms with Crippen molar-refractivity contribution in [1.82, 2.24) is 0 Å². The molecule has 0 unspecified atom stereocenters. The molecule has 0 saturated heterocycles. The van der Waals surface area contributed by atoms with Gasteiger partial charge in [0.15, 0.2) is 0 Å². The van der Waals surface area contributed by atoms with E-state index in [0.29, 0.717) is 22.7 Å². The normalized spacial score (nSPS) is 14.9. The van der Waals surface area contributed by atoms with Crippen LogP contribution in [0.4, 0.5) is 0 Å². The van der Waals surface area contributed by atoms with Crippen molar-refractivity contribution in [3.8, 4) is 6.07 Å². The Morgan fingerprint density at radius 2 is 1.94 bits per heavy atom. The molecule has 16 heavy (non-hydrogen) atoms. The average Bonchev–Trinajstić information content (AvgIpc) is 2.35. The quantitative estimate of drug-likeness (QED) is 0.680. The molecule has 1 aliphatic rings. The molecule has 0 aromatic heterocycles. The van der Waals surface area contributed by atoms with Gasteiger partial charge in [-0.15, -0.1) is 0 Å². The number of nitriles is 1. The fourth-order valence-corrected chi connectivity index (χ4v) is 1.67. The molecule has 0 aliphatic heterocycles. The van der Waals surface area contributed by atoms with E-state index in [4.69, 9.17) is 14.7 Å². The Morgan fingerprint density at radius 3 is 2.44 bits per heavy atom. The first-order valence-electron chi connectivity index (χ1n) is 4.96. The van der Waals surface area contributed by atoms with Crippen LogP contribution in [0.1, 0.15) is 12.8 Å². The maximum Gasteiger partial charge on any atom is 0.120 e. The monoisotopic (exact) mass is 217 g/mol. The van der Waals surface area contributed by atoms with E-state index in [1.807, 2.05) is 6.08 Å². The highest BCUT2D eigenvalue weighted by Gasteiger charge is 2.21. The molecule has 3 nitrogen and oxygen atoms in total. The lowest BCUT2D eigenvalue weighted by Gasteiger charge is -2.20. The van der Waals surface area contributed by atoms with Crippen molar-refractivity contribution in [3.05, 3.63) is 47.5 Å². The summed E-state index contributed by atoms with van der Waals surface area (Å²) < 4.78 is 10.2. The molecule has 0 heterocycles. The van der Waals surface area contributed by atoms with Crippen LogP contribution in [0.15, 0.2) is 47.5 Å². The van der Waals surface area contributed by atoms with E-state index in [9.17, 15) is 0 Å². The van der Waals surface area contributed by atoms with Gasteiger partial charge in [-0.3, -0.25) is 0 Å². The molecule has 0 aromatic rings. The molecular formula is C13H15NO2. The summed E-state index contributed by atoms with van der Waals surface area (Å²) in [4.78, 5) is 0. The lowest BCUT2D eigenvalue weighted by molar-refractivity contribution is 0.290. The van der Waals surface area contributed by atoms with Crippen LogP contribution in [0.5, 0.6) is 0 Å². The molecule has 0 spiro atoms. The van der Waals surface area contributed by atoms with Crippen molar-refractivity contribution in [2.45, 2.75) is 12.8 Å². The Bertz CT molecular complexity index is 422. The summed E-state index contributed by atoms with van der Waals surface area (Å²) in [6, 6.07) is 2.14. The molecule has 3 heteroatoms. The van der Waals surface area contributed by atoms with Gasteiger partial charge in [0.1, 0.15) is 11.5 Å². The number of rotatable bonds is 4. The lowest BCUT2D eigenvalue weighted by atomic mass is 9.89. The van der Waals surface area contributed by atoms with E-state index in [1.54, 1.807) is 7.11 Å². The number of hydrogen-bond donors (Lipinski definition) is 0. The first kappa shape index (κ1) is 12.1. The molecular weight excluding hydrogens is 202 g/mol. The highest BCUT2D eigenvalue weighted by molar-refractivity contribution is 5.58. The van der Waals surface area contributed by atoms with E-state index in [-0.39, 0.29) is 0 Å². The Labute approximate surface area is 96.0 Å². The standard InChI is InChI=1S/C13H15NO2/c1-9(15-3)12-7-5-6-11(8-14)13(12)10(2)16-4/h6H,1-2,5,7H2,3-4H3. The van der Waals surface area contributed by atoms with Gasteiger partial charge in [0.2, 0.25) is 0 Å². The Hall–Kier alpha value is -1.95. The number of ether oxygens (including phenoxy) is 2. The summed E-state index contributed by atoms with van der Waals surface area (Å²) in [5.41, 5.74) is 2.18. The topological polar surface area (TPSA) is 42.2 Å². The van der Waals surface area contributed by atoms with E-state index in [2.05, 4.69) is 19.2 Å². The van der Waals surface area contributed by atoms with Gasteiger partial charge in [-0.25, -0.2) is 0 Å².